The number of rotatable bonds is 4. The normalized spacial score (nSPS) is 23.6. The summed E-state index contributed by atoms with van der Waals surface area (Å²) in [7, 11) is 6.30. The molecule has 2 unspecified atom stereocenters. The molecule has 19 heavy (non-hydrogen) atoms. The van der Waals surface area contributed by atoms with Gasteiger partial charge in [-0.2, -0.15) is 5.10 Å². The summed E-state index contributed by atoms with van der Waals surface area (Å²) in [5.74, 6) is 1.75. The van der Waals surface area contributed by atoms with E-state index in [1.54, 1.807) is 0 Å². The molecule has 2 N–H and O–H groups in total. The first-order valence-corrected chi connectivity index (χ1v) is 7.18. The van der Waals surface area contributed by atoms with Crippen LogP contribution in [0.4, 0.5) is 11.5 Å². The van der Waals surface area contributed by atoms with Crippen LogP contribution < -0.4 is 10.6 Å². The fourth-order valence-electron chi connectivity index (χ4n) is 3.18. The Labute approximate surface area is 116 Å². The molecule has 2 rings (SSSR count). The summed E-state index contributed by atoms with van der Waals surface area (Å²) in [4.78, 5) is 4.70. The van der Waals surface area contributed by atoms with Crippen LogP contribution in [0.5, 0.6) is 0 Å². The van der Waals surface area contributed by atoms with Crippen LogP contribution in [0.15, 0.2) is 0 Å². The van der Waals surface area contributed by atoms with E-state index in [4.69, 9.17) is 5.73 Å². The molecule has 0 aliphatic carbocycles. The van der Waals surface area contributed by atoms with Crippen LogP contribution in [0, 0.1) is 5.92 Å². The van der Waals surface area contributed by atoms with Crippen molar-refractivity contribution in [2.24, 2.45) is 13.0 Å². The summed E-state index contributed by atoms with van der Waals surface area (Å²) in [6, 6.07) is 0.587. The van der Waals surface area contributed by atoms with Crippen LogP contribution in [-0.4, -0.2) is 47.9 Å². The highest BCUT2D eigenvalue weighted by atomic mass is 15.4. The molecule has 1 fully saturated rings. The summed E-state index contributed by atoms with van der Waals surface area (Å²) in [6.07, 6.45) is 2.04. The van der Waals surface area contributed by atoms with Gasteiger partial charge in [0.15, 0.2) is 0 Å². The van der Waals surface area contributed by atoms with Crippen LogP contribution >= 0.6 is 0 Å². The topological polar surface area (TPSA) is 50.3 Å². The minimum absolute atomic E-state index is 0.587. The quantitative estimate of drug-likeness (QED) is 0.892. The molecule has 1 aliphatic heterocycles. The van der Waals surface area contributed by atoms with Gasteiger partial charge in [0.05, 0.1) is 11.4 Å². The van der Waals surface area contributed by atoms with Crippen molar-refractivity contribution in [2.45, 2.75) is 32.7 Å². The molecule has 108 valence electrons. The number of nitrogen functional groups attached to an aromatic ring is 1. The maximum atomic E-state index is 6.30. The Morgan fingerprint density at radius 3 is 2.58 bits per heavy atom. The van der Waals surface area contributed by atoms with Crippen molar-refractivity contribution in [3.8, 4) is 0 Å². The van der Waals surface area contributed by atoms with Gasteiger partial charge in [0.2, 0.25) is 0 Å². The summed E-state index contributed by atoms with van der Waals surface area (Å²) in [5.41, 5.74) is 8.21. The van der Waals surface area contributed by atoms with Gasteiger partial charge in [0.1, 0.15) is 5.82 Å². The highest BCUT2D eigenvalue weighted by Gasteiger charge is 2.33. The molecule has 0 aromatic carbocycles. The first-order valence-electron chi connectivity index (χ1n) is 7.18. The highest BCUT2D eigenvalue weighted by molar-refractivity contribution is 5.67. The van der Waals surface area contributed by atoms with Gasteiger partial charge >= 0.3 is 0 Å². The van der Waals surface area contributed by atoms with Crippen molar-refractivity contribution in [1.82, 2.24) is 14.7 Å². The molecule has 2 atom stereocenters. The number of aryl methyl sites for hydroxylation is 2. The monoisotopic (exact) mass is 265 g/mol. The Kier molecular flexibility index (Phi) is 4.04. The molecule has 5 nitrogen and oxygen atoms in total. The van der Waals surface area contributed by atoms with E-state index in [1.807, 2.05) is 11.7 Å². The number of nitrogens with zero attached hydrogens (tertiary/aromatic N) is 4. The third-order valence-electron chi connectivity index (χ3n) is 4.15. The summed E-state index contributed by atoms with van der Waals surface area (Å²) in [5, 5.41) is 4.58. The summed E-state index contributed by atoms with van der Waals surface area (Å²) < 4.78 is 1.95. The van der Waals surface area contributed by atoms with Gasteiger partial charge in [-0.3, -0.25) is 4.68 Å². The third-order valence-corrected chi connectivity index (χ3v) is 4.15. The van der Waals surface area contributed by atoms with Crippen molar-refractivity contribution in [2.75, 3.05) is 37.8 Å². The van der Waals surface area contributed by atoms with Gasteiger partial charge in [-0.25, -0.2) is 0 Å². The van der Waals surface area contributed by atoms with E-state index in [0.29, 0.717) is 12.0 Å². The molecule has 0 bridgehead atoms. The zero-order valence-corrected chi connectivity index (χ0v) is 12.8. The Balaban J connectivity index is 2.24. The SMILES string of the molecule is CCCc1nn(C)c(N2CC(C)C(N(C)C)C2)c1N. The number of nitrogens with two attached hydrogens (primary N) is 1. The lowest BCUT2D eigenvalue weighted by atomic mass is 10.1. The van der Waals surface area contributed by atoms with E-state index >= 15 is 0 Å². The zero-order valence-electron chi connectivity index (χ0n) is 12.8. The molecule has 1 aliphatic rings. The largest absolute Gasteiger partial charge is 0.394 e. The van der Waals surface area contributed by atoms with Crippen LogP contribution in [0.2, 0.25) is 0 Å². The standard InChI is InChI=1S/C14H27N5/c1-6-7-11-13(15)14(18(5)16-11)19-8-10(2)12(9-19)17(3)4/h10,12H,6-9,15H2,1-5H3. The van der Waals surface area contributed by atoms with Gasteiger partial charge in [-0.05, 0) is 26.4 Å². The Bertz CT molecular complexity index is 437. The van der Waals surface area contributed by atoms with Crippen molar-refractivity contribution in [3.63, 3.8) is 0 Å². The smallest absolute Gasteiger partial charge is 0.150 e. The van der Waals surface area contributed by atoms with E-state index in [-0.39, 0.29) is 0 Å². The Morgan fingerprint density at radius 2 is 2.05 bits per heavy atom. The van der Waals surface area contributed by atoms with Crippen molar-refractivity contribution < 1.29 is 0 Å². The molecular weight excluding hydrogens is 238 g/mol. The second-order valence-corrected chi connectivity index (χ2v) is 5.97. The van der Waals surface area contributed by atoms with E-state index in [1.165, 1.54) is 0 Å². The maximum absolute atomic E-state index is 6.30. The lowest BCUT2D eigenvalue weighted by molar-refractivity contribution is 0.266. The number of anilines is 2. The molecule has 0 radical (unpaired) electrons. The van der Waals surface area contributed by atoms with Gasteiger partial charge in [0, 0.05) is 26.2 Å². The number of hydrogen-bond donors (Lipinski definition) is 1. The molecule has 1 aromatic rings. The van der Waals surface area contributed by atoms with Crippen molar-refractivity contribution in [1.29, 1.82) is 0 Å². The van der Waals surface area contributed by atoms with Gasteiger partial charge in [0.25, 0.3) is 0 Å². The first-order chi connectivity index (χ1) is 8.95. The fourth-order valence-corrected chi connectivity index (χ4v) is 3.18. The first kappa shape index (κ1) is 14.2. The predicted molar refractivity (Wildman–Crippen MR) is 80.5 cm³/mol. The average molecular weight is 265 g/mol. The zero-order chi connectivity index (χ0) is 14.2. The minimum Gasteiger partial charge on any atom is -0.394 e. The summed E-state index contributed by atoms with van der Waals surface area (Å²) >= 11 is 0. The average Bonchev–Trinajstić information content (AvgIpc) is 2.81. The number of likely N-dealkylation sites (N-methyl/N-ethyl adjacent to an activating group) is 1. The second kappa shape index (κ2) is 5.41. The molecule has 0 spiro atoms. The molecule has 2 heterocycles. The van der Waals surface area contributed by atoms with E-state index in [9.17, 15) is 0 Å². The van der Waals surface area contributed by atoms with Crippen LogP contribution in [-0.2, 0) is 13.5 Å². The van der Waals surface area contributed by atoms with Gasteiger partial charge in [-0.15, -0.1) is 0 Å². The molecule has 1 saturated heterocycles. The Morgan fingerprint density at radius 1 is 1.37 bits per heavy atom. The van der Waals surface area contributed by atoms with Crippen LogP contribution in [0.3, 0.4) is 0 Å². The van der Waals surface area contributed by atoms with E-state index in [2.05, 4.69) is 42.8 Å². The second-order valence-electron chi connectivity index (χ2n) is 5.97. The lowest BCUT2D eigenvalue weighted by Crippen LogP contribution is -2.34. The lowest BCUT2D eigenvalue weighted by Gasteiger charge is -2.23. The molecular formula is C14H27N5. The molecule has 0 amide bonds. The third kappa shape index (κ3) is 2.56. The highest BCUT2D eigenvalue weighted by Crippen LogP contribution is 2.32. The number of hydrogen-bond acceptors (Lipinski definition) is 4. The van der Waals surface area contributed by atoms with E-state index in [0.717, 1.165) is 43.1 Å². The maximum Gasteiger partial charge on any atom is 0.150 e. The fraction of sp³-hybridized carbons (Fsp3) is 0.786. The van der Waals surface area contributed by atoms with E-state index < -0.39 is 0 Å². The summed E-state index contributed by atoms with van der Waals surface area (Å²) in [6.45, 7) is 6.56. The van der Waals surface area contributed by atoms with Gasteiger partial charge < -0.3 is 15.5 Å². The van der Waals surface area contributed by atoms with Crippen LogP contribution in [0.25, 0.3) is 0 Å². The molecule has 5 heteroatoms. The number of aromatic nitrogens is 2. The van der Waals surface area contributed by atoms with Crippen LogP contribution in [0.1, 0.15) is 26.0 Å². The predicted octanol–water partition coefficient (Wildman–Crippen LogP) is 1.34. The molecule has 1 aromatic heterocycles. The van der Waals surface area contributed by atoms with Crippen molar-refractivity contribution in [3.05, 3.63) is 5.69 Å². The van der Waals surface area contributed by atoms with Crippen molar-refractivity contribution >= 4 is 11.5 Å². The molecule has 0 saturated carbocycles. The van der Waals surface area contributed by atoms with Gasteiger partial charge in [-0.1, -0.05) is 20.3 Å². The Hall–Kier alpha value is -1.23. The minimum atomic E-state index is 0.587.